The standard InChI is InChI=1S/C31H29F3N8O3/c1-19(29-36-17-24(45-29)18-42(4,5)6)38-28(43)26-27(25-14-15-37-40(25)22-12-10-21(35-2)11-13-22)39(3)41(30(26)44)23-9-7-8-20(16-23)31(32,33)34/h7-17,19H,18H2,1,3-6H3/p+1/t19-/m0/s1. The fraction of sp³-hybridized carbons (Fsp3) is 0.258. The molecule has 0 saturated heterocycles. The first-order valence-corrected chi connectivity index (χ1v) is 13.8. The molecule has 0 unspecified atom stereocenters. The second-order valence-electron chi connectivity index (χ2n) is 11.5. The highest BCUT2D eigenvalue weighted by molar-refractivity contribution is 6.00. The molecule has 14 heteroatoms. The molecule has 1 N–H and O–H groups in total. The second-order valence-corrected chi connectivity index (χ2v) is 11.5. The maximum absolute atomic E-state index is 14.0. The number of quaternary nitrogens is 1. The van der Waals surface area contributed by atoms with Crippen molar-refractivity contribution in [2.24, 2.45) is 7.05 Å². The molecule has 0 aliphatic carbocycles. The molecule has 5 rings (SSSR count). The Kier molecular flexibility index (Phi) is 7.99. The lowest BCUT2D eigenvalue weighted by atomic mass is 10.1. The summed E-state index contributed by atoms with van der Waals surface area (Å²) in [4.78, 5) is 35.6. The number of oxazole rings is 1. The summed E-state index contributed by atoms with van der Waals surface area (Å²) in [5.41, 5.74) is -0.845. The van der Waals surface area contributed by atoms with Gasteiger partial charge in [-0.15, -0.1) is 0 Å². The Hall–Kier alpha value is -5.42. The van der Waals surface area contributed by atoms with Crippen molar-refractivity contribution in [3.63, 3.8) is 0 Å². The van der Waals surface area contributed by atoms with Crippen LogP contribution in [0.3, 0.4) is 0 Å². The fourth-order valence-electron chi connectivity index (χ4n) is 4.96. The van der Waals surface area contributed by atoms with Crippen LogP contribution in [0.5, 0.6) is 0 Å². The summed E-state index contributed by atoms with van der Waals surface area (Å²) in [6.07, 6.45) is -1.61. The summed E-state index contributed by atoms with van der Waals surface area (Å²) in [7, 11) is 7.44. The molecule has 2 aromatic carbocycles. The smallest absolute Gasteiger partial charge is 0.416 e. The lowest BCUT2D eigenvalue weighted by molar-refractivity contribution is -0.884. The first kappa shape index (κ1) is 31.0. The zero-order valence-electron chi connectivity index (χ0n) is 25.1. The molecule has 3 heterocycles. The number of halogens is 3. The number of hydrogen-bond donors (Lipinski definition) is 1. The van der Waals surface area contributed by atoms with Crippen LogP contribution in [0.15, 0.2) is 76.2 Å². The third-order valence-corrected chi connectivity index (χ3v) is 6.94. The van der Waals surface area contributed by atoms with Crippen molar-refractivity contribution in [1.29, 1.82) is 0 Å². The van der Waals surface area contributed by atoms with E-state index in [1.54, 1.807) is 43.5 Å². The Morgan fingerprint density at radius 1 is 1.11 bits per heavy atom. The third kappa shape index (κ3) is 6.29. The Bertz CT molecular complexity index is 1970. The van der Waals surface area contributed by atoms with Crippen LogP contribution >= 0.6 is 0 Å². The zero-order chi connectivity index (χ0) is 32.7. The quantitative estimate of drug-likeness (QED) is 0.188. The van der Waals surface area contributed by atoms with Crippen LogP contribution < -0.4 is 10.9 Å². The van der Waals surface area contributed by atoms with Gasteiger partial charge in [0.05, 0.1) is 62.7 Å². The number of aromatic nitrogens is 5. The second kappa shape index (κ2) is 11.6. The molecule has 0 aliphatic heterocycles. The Balaban J connectivity index is 1.63. The minimum Gasteiger partial charge on any atom is -0.437 e. The molecule has 0 spiro atoms. The number of benzene rings is 2. The molecule has 0 aliphatic rings. The number of rotatable bonds is 8. The van der Waals surface area contributed by atoms with Crippen LogP contribution in [0.2, 0.25) is 0 Å². The van der Waals surface area contributed by atoms with Gasteiger partial charge in [-0.25, -0.2) is 19.2 Å². The lowest BCUT2D eigenvalue weighted by Gasteiger charge is -2.21. The maximum Gasteiger partial charge on any atom is 0.416 e. The summed E-state index contributed by atoms with van der Waals surface area (Å²) >= 11 is 0. The zero-order valence-corrected chi connectivity index (χ0v) is 25.1. The fourth-order valence-corrected chi connectivity index (χ4v) is 4.96. The van der Waals surface area contributed by atoms with Crippen molar-refractivity contribution in [2.75, 3.05) is 21.1 Å². The SMILES string of the molecule is [C-]#[N+]c1ccc(-n2nccc2-c2c(C(=O)N[C@@H](C)c3ncc(C[N+](C)(C)C)o3)c(=O)n(-c3cccc(C(F)(F)F)c3)n2C)cc1. The predicted octanol–water partition coefficient (Wildman–Crippen LogP) is 5.28. The molecular weight excluding hydrogens is 589 g/mol. The number of carbonyl (C=O) groups is 1. The van der Waals surface area contributed by atoms with Gasteiger partial charge in [0.2, 0.25) is 5.89 Å². The van der Waals surface area contributed by atoms with E-state index in [1.807, 2.05) is 21.1 Å². The van der Waals surface area contributed by atoms with E-state index < -0.39 is 29.2 Å². The van der Waals surface area contributed by atoms with Crippen molar-refractivity contribution in [3.8, 4) is 22.8 Å². The van der Waals surface area contributed by atoms with Crippen molar-refractivity contribution in [3.05, 3.63) is 112 Å². The van der Waals surface area contributed by atoms with Gasteiger partial charge in [0.25, 0.3) is 11.5 Å². The Morgan fingerprint density at radius 2 is 1.82 bits per heavy atom. The van der Waals surface area contributed by atoms with Gasteiger partial charge in [-0.1, -0.05) is 18.2 Å². The average Bonchev–Trinajstić information content (AvgIpc) is 3.69. The number of nitrogens with zero attached hydrogens (tertiary/aromatic N) is 7. The largest absolute Gasteiger partial charge is 0.437 e. The van der Waals surface area contributed by atoms with Crippen molar-refractivity contribution >= 4 is 11.6 Å². The van der Waals surface area contributed by atoms with E-state index in [9.17, 15) is 22.8 Å². The van der Waals surface area contributed by atoms with Crippen LogP contribution in [0.4, 0.5) is 18.9 Å². The molecule has 0 radical (unpaired) electrons. The van der Waals surface area contributed by atoms with Crippen LogP contribution in [0, 0.1) is 6.57 Å². The van der Waals surface area contributed by atoms with E-state index in [-0.39, 0.29) is 22.8 Å². The maximum atomic E-state index is 14.0. The first-order valence-electron chi connectivity index (χ1n) is 13.8. The van der Waals surface area contributed by atoms with Crippen LogP contribution in [0.1, 0.15) is 40.5 Å². The lowest BCUT2D eigenvalue weighted by Crippen LogP contribution is -2.33. The number of hydrogen-bond acceptors (Lipinski definition) is 5. The van der Waals surface area contributed by atoms with E-state index in [0.29, 0.717) is 33.9 Å². The van der Waals surface area contributed by atoms with Crippen LogP contribution in [0.25, 0.3) is 27.6 Å². The Morgan fingerprint density at radius 3 is 2.47 bits per heavy atom. The minimum atomic E-state index is -4.65. The van der Waals surface area contributed by atoms with Crippen LogP contribution in [-0.2, 0) is 19.8 Å². The van der Waals surface area contributed by atoms with Gasteiger partial charge in [-0.05, 0) is 43.3 Å². The molecule has 232 valence electrons. The van der Waals surface area contributed by atoms with E-state index in [4.69, 9.17) is 11.0 Å². The molecule has 1 atom stereocenters. The molecule has 11 nitrogen and oxygen atoms in total. The molecule has 1 amide bonds. The number of amides is 1. The van der Waals surface area contributed by atoms with Gasteiger partial charge in [-0.2, -0.15) is 18.3 Å². The van der Waals surface area contributed by atoms with E-state index >= 15 is 0 Å². The molecule has 0 saturated carbocycles. The summed E-state index contributed by atoms with van der Waals surface area (Å²) in [6.45, 7) is 9.43. The molecular formula is C31H30F3N8O3+. The van der Waals surface area contributed by atoms with Gasteiger partial charge >= 0.3 is 6.18 Å². The van der Waals surface area contributed by atoms with Crippen molar-refractivity contribution in [1.82, 2.24) is 29.4 Å². The Labute approximate surface area is 256 Å². The highest BCUT2D eigenvalue weighted by Gasteiger charge is 2.33. The minimum absolute atomic E-state index is 0.0872. The van der Waals surface area contributed by atoms with E-state index in [1.165, 1.54) is 34.7 Å². The summed E-state index contributed by atoms with van der Waals surface area (Å²) < 4.78 is 51.1. The molecule has 45 heavy (non-hydrogen) atoms. The molecule has 0 fully saturated rings. The predicted molar refractivity (Wildman–Crippen MR) is 159 cm³/mol. The van der Waals surface area contributed by atoms with Gasteiger partial charge in [0.1, 0.15) is 23.8 Å². The van der Waals surface area contributed by atoms with Crippen LogP contribution in [-0.4, -0.2) is 55.7 Å². The van der Waals surface area contributed by atoms with E-state index in [2.05, 4.69) is 20.2 Å². The average molecular weight is 620 g/mol. The summed E-state index contributed by atoms with van der Waals surface area (Å²) in [6, 6.07) is 11.6. The highest BCUT2D eigenvalue weighted by Crippen LogP contribution is 2.32. The topological polar surface area (TPSA) is 104 Å². The summed E-state index contributed by atoms with van der Waals surface area (Å²) in [5, 5.41) is 7.13. The third-order valence-electron chi connectivity index (χ3n) is 6.94. The number of nitrogens with one attached hydrogen (secondary N) is 1. The van der Waals surface area contributed by atoms with Gasteiger partial charge in [0, 0.05) is 7.05 Å². The normalized spacial score (nSPS) is 12.6. The molecule has 3 aromatic heterocycles. The van der Waals surface area contributed by atoms with Crippen molar-refractivity contribution < 1.29 is 26.9 Å². The highest BCUT2D eigenvalue weighted by atomic mass is 19.4. The monoisotopic (exact) mass is 619 g/mol. The van der Waals surface area contributed by atoms with Gasteiger partial charge in [-0.3, -0.25) is 14.3 Å². The summed E-state index contributed by atoms with van der Waals surface area (Å²) in [5.74, 6) is 0.0535. The first-order chi connectivity index (χ1) is 21.2. The van der Waals surface area contributed by atoms with E-state index in [0.717, 1.165) is 16.8 Å². The molecule has 5 aromatic rings. The number of carbonyl (C=O) groups excluding carboxylic acids is 1. The molecule has 0 bridgehead atoms. The number of alkyl halides is 3. The van der Waals surface area contributed by atoms with Crippen molar-refractivity contribution in [2.45, 2.75) is 25.7 Å². The van der Waals surface area contributed by atoms with Gasteiger partial charge in [0.15, 0.2) is 11.4 Å². The van der Waals surface area contributed by atoms with Gasteiger partial charge < -0.3 is 14.2 Å².